The van der Waals surface area contributed by atoms with Crippen LogP contribution in [-0.4, -0.2) is 28.4 Å². The standard InChI is InChI=1S/C9H11ClN2OS/c10-7-5-11-9(12-6-7)14-8-1-3-13-4-2-8/h5-6,8H,1-4H2. The molecule has 2 heterocycles. The maximum atomic E-state index is 5.70. The first-order valence-electron chi connectivity index (χ1n) is 4.56. The van der Waals surface area contributed by atoms with Crippen molar-refractivity contribution >= 4 is 23.4 Å². The van der Waals surface area contributed by atoms with E-state index in [2.05, 4.69) is 9.97 Å². The van der Waals surface area contributed by atoms with Crippen LogP contribution < -0.4 is 0 Å². The van der Waals surface area contributed by atoms with Gasteiger partial charge in [-0.3, -0.25) is 0 Å². The van der Waals surface area contributed by atoms with Crippen LogP contribution >= 0.6 is 23.4 Å². The number of nitrogens with zero attached hydrogens (tertiary/aromatic N) is 2. The third-order valence-electron chi connectivity index (χ3n) is 2.04. The summed E-state index contributed by atoms with van der Waals surface area (Å²) in [5, 5.41) is 1.98. The Kier molecular flexibility index (Phi) is 3.61. The van der Waals surface area contributed by atoms with Gasteiger partial charge in [-0.05, 0) is 12.8 Å². The lowest BCUT2D eigenvalue weighted by molar-refractivity contribution is 0.1000. The van der Waals surface area contributed by atoms with Gasteiger partial charge in [0.25, 0.3) is 0 Å². The van der Waals surface area contributed by atoms with Crippen molar-refractivity contribution in [2.45, 2.75) is 23.2 Å². The van der Waals surface area contributed by atoms with Gasteiger partial charge in [0.2, 0.25) is 0 Å². The summed E-state index contributed by atoms with van der Waals surface area (Å²) in [6, 6.07) is 0. The van der Waals surface area contributed by atoms with Crippen LogP contribution in [-0.2, 0) is 4.74 Å². The Labute approximate surface area is 92.2 Å². The summed E-state index contributed by atoms with van der Waals surface area (Å²) in [6.07, 6.45) is 5.43. The van der Waals surface area contributed by atoms with Gasteiger partial charge in [0.15, 0.2) is 5.16 Å². The highest BCUT2D eigenvalue weighted by atomic mass is 35.5. The summed E-state index contributed by atoms with van der Waals surface area (Å²) in [5.41, 5.74) is 0. The maximum absolute atomic E-state index is 5.70. The molecule has 1 aromatic heterocycles. The second-order valence-corrected chi connectivity index (χ2v) is 4.82. The van der Waals surface area contributed by atoms with E-state index in [4.69, 9.17) is 16.3 Å². The lowest BCUT2D eigenvalue weighted by Crippen LogP contribution is -2.17. The van der Waals surface area contributed by atoms with Gasteiger partial charge in [0, 0.05) is 18.5 Å². The minimum atomic E-state index is 0.585. The van der Waals surface area contributed by atoms with E-state index in [1.54, 1.807) is 24.2 Å². The van der Waals surface area contributed by atoms with Crippen LogP contribution in [0.15, 0.2) is 17.6 Å². The van der Waals surface area contributed by atoms with Crippen molar-refractivity contribution in [3.05, 3.63) is 17.4 Å². The van der Waals surface area contributed by atoms with E-state index in [1.807, 2.05) is 0 Å². The van der Waals surface area contributed by atoms with Crippen LogP contribution in [0.2, 0.25) is 5.02 Å². The van der Waals surface area contributed by atoms with Gasteiger partial charge in [-0.1, -0.05) is 23.4 Å². The summed E-state index contributed by atoms with van der Waals surface area (Å²) in [5.74, 6) is 0. The Balaban J connectivity index is 1.92. The fourth-order valence-electron chi connectivity index (χ4n) is 1.30. The molecule has 76 valence electrons. The number of aromatic nitrogens is 2. The lowest BCUT2D eigenvalue weighted by Gasteiger charge is -2.20. The molecule has 14 heavy (non-hydrogen) atoms. The van der Waals surface area contributed by atoms with Crippen molar-refractivity contribution in [2.75, 3.05) is 13.2 Å². The van der Waals surface area contributed by atoms with Crippen LogP contribution in [0.25, 0.3) is 0 Å². The van der Waals surface area contributed by atoms with E-state index in [-0.39, 0.29) is 0 Å². The minimum Gasteiger partial charge on any atom is -0.381 e. The summed E-state index contributed by atoms with van der Waals surface area (Å²) >= 11 is 7.41. The molecule has 1 aliphatic heterocycles. The van der Waals surface area contributed by atoms with Crippen LogP contribution in [0.3, 0.4) is 0 Å². The van der Waals surface area contributed by atoms with Crippen LogP contribution in [0.5, 0.6) is 0 Å². The minimum absolute atomic E-state index is 0.585. The molecule has 0 radical (unpaired) electrons. The van der Waals surface area contributed by atoms with Crippen LogP contribution in [0, 0.1) is 0 Å². The zero-order valence-corrected chi connectivity index (χ0v) is 9.22. The van der Waals surface area contributed by atoms with E-state index in [0.717, 1.165) is 31.2 Å². The van der Waals surface area contributed by atoms with Crippen molar-refractivity contribution in [3.63, 3.8) is 0 Å². The van der Waals surface area contributed by atoms with Gasteiger partial charge in [-0.25, -0.2) is 9.97 Å². The fraction of sp³-hybridized carbons (Fsp3) is 0.556. The van der Waals surface area contributed by atoms with Gasteiger partial charge >= 0.3 is 0 Å². The predicted molar refractivity (Wildman–Crippen MR) is 56.7 cm³/mol. The quantitative estimate of drug-likeness (QED) is 0.731. The second kappa shape index (κ2) is 4.96. The average molecular weight is 231 g/mol. The molecular weight excluding hydrogens is 220 g/mol. The smallest absolute Gasteiger partial charge is 0.187 e. The van der Waals surface area contributed by atoms with E-state index >= 15 is 0 Å². The molecule has 3 nitrogen and oxygen atoms in total. The van der Waals surface area contributed by atoms with E-state index < -0.39 is 0 Å². The fourth-order valence-corrected chi connectivity index (χ4v) is 2.36. The molecule has 0 amide bonds. The highest BCUT2D eigenvalue weighted by molar-refractivity contribution is 7.99. The number of hydrogen-bond acceptors (Lipinski definition) is 4. The van der Waals surface area contributed by atoms with Gasteiger partial charge in [0.1, 0.15) is 0 Å². The summed E-state index contributed by atoms with van der Waals surface area (Å²) in [4.78, 5) is 8.30. The molecule has 0 aromatic carbocycles. The second-order valence-electron chi connectivity index (χ2n) is 3.11. The van der Waals surface area contributed by atoms with Crippen LogP contribution in [0.4, 0.5) is 0 Å². The molecule has 0 bridgehead atoms. The molecule has 0 atom stereocenters. The Bertz CT molecular complexity index is 287. The zero-order valence-electron chi connectivity index (χ0n) is 7.65. The number of ether oxygens (including phenoxy) is 1. The van der Waals surface area contributed by atoms with Gasteiger partial charge in [-0.15, -0.1) is 0 Å². The first-order chi connectivity index (χ1) is 6.84. The molecule has 1 saturated heterocycles. The summed E-state index contributed by atoms with van der Waals surface area (Å²) < 4.78 is 5.28. The van der Waals surface area contributed by atoms with Crippen LogP contribution in [0.1, 0.15) is 12.8 Å². The van der Waals surface area contributed by atoms with Gasteiger partial charge in [0.05, 0.1) is 17.4 Å². The highest BCUT2D eigenvalue weighted by Crippen LogP contribution is 2.26. The Morgan fingerprint density at radius 1 is 1.29 bits per heavy atom. The molecule has 1 fully saturated rings. The molecule has 0 saturated carbocycles. The summed E-state index contributed by atoms with van der Waals surface area (Å²) in [6.45, 7) is 1.70. The number of hydrogen-bond donors (Lipinski definition) is 0. The summed E-state index contributed by atoms with van der Waals surface area (Å²) in [7, 11) is 0. The number of halogens is 1. The van der Waals surface area contributed by atoms with Crippen molar-refractivity contribution in [1.29, 1.82) is 0 Å². The molecule has 0 aliphatic carbocycles. The largest absolute Gasteiger partial charge is 0.381 e. The Morgan fingerprint density at radius 3 is 2.57 bits per heavy atom. The molecule has 1 aromatic rings. The molecule has 2 rings (SSSR count). The maximum Gasteiger partial charge on any atom is 0.187 e. The van der Waals surface area contributed by atoms with Gasteiger partial charge in [-0.2, -0.15) is 0 Å². The van der Waals surface area contributed by atoms with Gasteiger partial charge < -0.3 is 4.74 Å². The zero-order chi connectivity index (χ0) is 9.80. The SMILES string of the molecule is Clc1cnc(SC2CCOCC2)nc1. The number of thioether (sulfide) groups is 1. The molecule has 1 aliphatic rings. The first kappa shape index (κ1) is 10.2. The Hall–Kier alpha value is -0.320. The molecule has 0 unspecified atom stereocenters. The lowest BCUT2D eigenvalue weighted by atomic mass is 10.2. The van der Waals surface area contributed by atoms with Crippen molar-refractivity contribution in [2.24, 2.45) is 0 Å². The molecule has 5 heteroatoms. The van der Waals surface area contributed by atoms with E-state index in [0.29, 0.717) is 10.3 Å². The monoisotopic (exact) mass is 230 g/mol. The average Bonchev–Trinajstić information content (AvgIpc) is 2.23. The third kappa shape index (κ3) is 2.83. The van der Waals surface area contributed by atoms with Crippen molar-refractivity contribution in [3.8, 4) is 0 Å². The highest BCUT2D eigenvalue weighted by Gasteiger charge is 2.15. The molecule has 0 N–H and O–H groups in total. The third-order valence-corrected chi connectivity index (χ3v) is 3.46. The molecule has 0 spiro atoms. The van der Waals surface area contributed by atoms with E-state index in [9.17, 15) is 0 Å². The topological polar surface area (TPSA) is 35.0 Å². The van der Waals surface area contributed by atoms with Crippen molar-refractivity contribution in [1.82, 2.24) is 9.97 Å². The van der Waals surface area contributed by atoms with E-state index in [1.165, 1.54) is 0 Å². The Morgan fingerprint density at radius 2 is 1.93 bits per heavy atom. The predicted octanol–water partition coefficient (Wildman–Crippen LogP) is 2.40. The normalized spacial score (nSPS) is 18.4. The molecular formula is C9H11ClN2OS. The number of rotatable bonds is 2. The first-order valence-corrected chi connectivity index (χ1v) is 5.82. The van der Waals surface area contributed by atoms with Crippen molar-refractivity contribution < 1.29 is 4.74 Å².